The second kappa shape index (κ2) is 9.30. The number of aliphatic hydroxyl groups is 1. The predicted octanol–water partition coefficient (Wildman–Crippen LogP) is 2.87. The van der Waals surface area contributed by atoms with Crippen LogP contribution in [-0.4, -0.2) is 62.2 Å². The molecule has 2 aromatic carbocycles. The number of ether oxygens (including phenoxy) is 2. The topological polar surface area (TPSA) is 41.9 Å². The Hall–Kier alpha value is -1.46. The van der Waals surface area contributed by atoms with Crippen LogP contribution >= 0.6 is 0 Å². The van der Waals surface area contributed by atoms with Crippen LogP contribution in [0.1, 0.15) is 18.4 Å². The minimum absolute atomic E-state index is 0.240. The number of hydrogen-bond acceptors (Lipinski definition) is 4. The molecule has 4 heteroatoms. The molecular formula is C21H29NO3. The lowest BCUT2D eigenvalue weighted by molar-refractivity contribution is -0.0630. The molecule has 0 amide bonds. The van der Waals surface area contributed by atoms with Crippen LogP contribution in [0.5, 0.6) is 0 Å². The molecule has 0 aliphatic carbocycles. The van der Waals surface area contributed by atoms with Crippen molar-refractivity contribution in [2.24, 2.45) is 0 Å². The Morgan fingerprint density at radius 3 is 2.76 bits per heavy atom. The van der Waals surface area contributed by atoms with E-state index in [2.05, 4.69) is 54.4 Å². The molecule has 1 N–H and O–H groups in total. The molecule has 0 spiro atoms. The molecule has 0 radical (unpaired) electrons. The maximum absolute atomic E-state index is 10.2. The summed E-state index contributed by atoms with van der Waals surface area (Å²) >= 11 is 0. The van der Waals surface area contributed by atoms with E-state index in [0.29, 0.717) is 13.2 Å². The van der Waals surface area contributed by atoms with E-state index in [1.807, 2.05) is 0 Å². The first kappa shape index (κ1) is 18.3. The summed E-state index contributed by atoms with van der Waals surface area (Å²) in [5.74, 6) is 0. The van der Waals surface area contributed by atoms with Gasteiger partial charge in [-0.3, -0.25) is 0 Å². The van der Waals surface area contributed by atoms with Crippen LogP contribution in [0.2, 0.25) is 0 Å². The minimum Gasteiger partial charge on any atom is -0.389 e. The van der Waals surface area contributed by atoms with Gasteiger partial charge in [0.25, 0.3) is 0 Å². The first-order valence-corrected chi connectivity index (χ1v) is 9.25. The van der Waals surface area contributed by atoms with Gasteiger partial charge in [0.1, 0.15) is 0 Å². The number of aliphatic hydroxyl groups excluding tert-OH is 1. The van der Waals surface area contributed by atoms with Crippen LogP contribution in [-0.2, 0) is 15.9 Å². The van der Waals surface area contributed by atoms with Gasteiger partial charge in [0.05, 0.1) is 18.8 Å². The standard InChI is InChI=1S/C21H29NO3/c1-22(15-19(23)16-25-20-10-13-24-14-11-20)12-9-18-7-4-6-17-5-2-3-8-21(17)18/h2-8,19-20,23H,9-16H2,1H3. The summed E-state index contributed by atoms with van der Waals surface area (Å²) in [4.78, 5) is 2.18. The quantitative estimate of drug-likeness (QED) is 0.800. The molecule has 0 bridgehead atoms. The zero-order chi connectivity index (χ0) is 17.5. The van der Waals surface area contributed by atoms with Crippen LogP contribution < -0.4 is 0 Å². The van der Waals surface area contributed by atoms with Gasteiger partial charge in [0, 0.05) is 26.3 Å². The van der Waals surface area contributed by atoms with Gasteiger partial charge < -0.3 is 19.5 Å². The Kier molecular flexibility index (Phi) is 6.82. The fraction of sp³-hybridized carbons (Fsp3) is 0.524. The van der Waals surface area contributed by atoms with E-state index in [4.69, 9.17) is 9.47 Å². The van der Waals surface area contributed by atoms with Crippen molar-refractivity contribution in [1.29, 1.82) is 0 Å². The van der Waals surface area contributed by atoms with Crippen LogP contribution in [0.15, 0.2) is 42.5 Å². The summed E-state index contributed by atoms with van der Waals surface area (Å²) in [6.07, 6.45) is 2.64. The van der Waals surface area contributed by atoms with Gasteiger partial charge in [0.2, 0.25) is 0 Å². The number of rotatable bonds is 8. The van der Waals surface area contributed by atoms with E-state index >= 15 is 0 Å². The molecular weight excluding hydrogens is 314 g/mol. The Balaban J connectivity index is 1.43. The molecule has 0 saturated carbocycles. The highest BCUT2D eigenvalue weighted by molar-refractivity contribution is 5.85. The van der Waals surface area contributed by atoms with Crippen LogP contribution in [0.4, 0.5) is 0 Å². The average molecular weight is 343 g/mol. The Morgan fingerprint density at radius 2 is 1.92 bits per heavy atom. The van der Waals surface area contributed by atoms with E-state index in [1.165, 1.54) is 16.3 Å². The van der Waals surface area contributed by atoms with E-state index in [-0.39, 0.29) is 6.10 Å². The zero-order valence-electron chi connectivity index (χ0n) is 15.1. The van der Waals surface area contributed by atoms with Gasteiger partial charge in [0.15, 0.2) is 0 Å². The highest BCUT2D eigenvalue weighted by Crippen LogP contribution is 2.19. The summed E-state index contributed by atoms with van der Waals surface area (Å²) in [7, 11) is 2.06. The lowest BCUT2D eigenvalue weighted by atomic mass is 10.0. The molecule has 1 aliphatic rings. The number of nitrogens with zero attached hydrogens (tertiary/aromatic N) is 1. The predicted molar refractivity (Wildman–Crippen MR) is 101 cm³/mol. The molecule has 25 heavy (non-hydrogen) atoms. The second-order valence-corrected chi connectivity index (χ2v) is 6.95. The van der Waals surface area contributed by atoms with Gasteiger partial charge in [-0.05, 0) is 42.6 Å². The highest BCUT2D eigenvalue weighted by Gasteiger charge is 2.16. The molecule has 0 aromatic heterocycles. The van der Waals surface area contributed by atoms with Gasteiger partial charge in [-0.15, -0.1) is 0 Å². The number of likely N-dealkylation sites (N-methyl/N-ethyl adjacent to an activating group) is 1. The van der Waals surface area contributed by atoms with E-state index < -0.39 is 6.10 Å². The molecule has 1 fully saturated rings. The minimum atomic E-state index is -0.444. The summed E-state index contributed by atoms with van der Waals surface area (Å²) in [6.45, 7) is 3.50. The van der Waals surface area contributed by atoms with Crippen molar-refractivity contribution >= 4 is 10.8 Å². The molecule has 1 aliphatic heterocycles. The maximum atomic E-state index is 10.2. The van der Waals surface area contributed by atoms with Crippen molar-refractivity contribution in [3.05, 3.63) is 48.0 Å². The fourth-order valence-electron chi connectivity index (χ4n) is 3.42. The maximum Gasteiger partial charge on any atom is 0.0900 e. The summed E-state index contributed by atoms with van der Waals surface area (Å²) in [5, 5.41) is 12.8. The number of benzene rings is 2. The van der Waals surface area contributed by atoms with Gasteiger partial charge >= 0.3 is 0 Å². The normalized spacial score (nSPS) is 17.2. The first-order chi connectivity index (χ1) is 12.2. The molecule has 4 nitrogen and oxygen atoms in total. The van der Waals surface area contributed by atoms with Crippen LogP contribution in [0, 0.1) is 0 Å². The van der Waals surface area contributed by atoms with Crippen molar-refractivity contribution in [3.8, 4) is 0 Å². The van der Waals surface area contributed by atoms with E-state index in [0.717, 1.165) is 39.0 Å². The van der Waals surface area contributed by atoms with Crippen molar-refractivity contribution in [1.82, 2.24) is 4.90 Å². The van der Waals surface area contributed by atoms with Crippen LogP contribution in [0.3, 0.4) is 0 Å². The van der Waals surface area contributed by atoms with E-state index in [1.54, 1.807) is 0 Å². The Morgan fingerprint density at radius 1 is 1.16 bits per heavy atom. The molecule has 1 saturated heterocycles. The molecule has 1 unspecified atom stereocenters. The monoisotopic (exact) mass is 343 g/mol. The third-order valence-corrected chi connectivity index (χ3v) is 4.86. The van der Waals surface area contributed by atoms with Crippen LogP contribution in [0.25, 0.3) is 10.8 Å². The zero-order valence-corrected chi connectivity index (χ0v) is 15.1. The van der Waals surface area contributed by atoms with Crippen molar-refractivity contribution in [3.63, 3.8) is 0 Å². The van der Waals surface area contributed by atoms with E-state index in [9.17, 15) is 5.11 Å². The Labute approximate surface area is 150 Å². The molecule has 136 valence electrons. The molecule has 2 aromatic rings. The molecule has 1 heterocycles. The summed E-state index contributed by atoms with van der Waals surface area (Å²) in [6, 6.07) is 15.0. The highest BCUT2D eigenvalue weighted by atomic mass is 16.5. The third-order valence-electron chi connectivity index (χ3n) is 4.86. The third kappa shape index (κ3) is 5.51. The first-order valence-electron chi connectivity index (χ1n) is 9.25. The Bertz CT molecular complexity index is 649. The lowest BCUT2D eigenvalue weighted by Gasteiger charge is -2.25. The summed E-state index contributed by atoms with van der Waals surface area (Å²) in [5.41, 5.74) is 1.36. The average Bonchev–Trinajstić information content (AvgIpc) is 2.65. The van der Waals surface area contributed by atoms with Crippen molar-refractivity contribution in [2.45, 2.75) is 31.5 Å². The fourth-order valence-corrected chi connectivity index (χ4v) is 3.42. The molecule has 1 atom stereocenters. The molecule has 3 rings (SSSR count). The van der Waals surface area contributed by atoms with Gasteiger partial charge in [-0.2, -0.15) is 0 Å². The lowest BCUT2D eigenvalue weighted by Crippen LogP contribution is -2.35. The van der Waals surface area contributed by atoms with Crippen molar-refractivity contribution < 1.29 is 14.6 Å². The largest absolute Gasteiger partial charge is 0.389 e. The van der Waals surface area contributed by atoms with Gasteiger partial charge in [-0.1, -0.05) is 42.5 Å². The summed E-state index contributed by atoms with van der Waals surface area (Å²) < 4.78 is 11.1. The van der Waals surface area contributed by atoms with Crippen molar-refractivity contribution in [2.75, 3.05) is 40.0 Å². The van der Waals surface area contributed by atoms with Gasteiger partial charge in [-0.25, -0.2) is 0 Å². The second-order valence-electron chi connectivity index (χ2n) is 6.95. The number of hydrogen-bond donors (Lipinski definition) is 1. The number of fused-ring (bicyclic) bond motifs is 1. The smallest absolute Gasteiger partial charge is 0.0900 e. The SMILES string of the molecule is CN(CCc1cccc2ccccc12)CC(O)COC1CCOCC1.